The lowest BCUT2D eigenvalue weighted by Crippen LogP contribution is -2.36. The quantitative estimate of drug-likeness (QED) is 0.741. The Morgan fingerprint density at radius 2 is 1.88 bits per heavy atom. The van der Waals surface area contributed by atoms with Crippen molar-refractivity contribution in [2.75, 3.05) is 0 Å². The molecule has 3 aromatic rings. The van der Waals surface area contributed by atoms with Crippen molar-refractivity contribution in [2.24, 2.45) is 14.1 Å². The molecule has 0 unspecified atom stereocenters. The van der Waals surface area contributed by atoms with Gasteiger partial charge in [-0.15, -0.1) is 5.10 Å². The second kappa shape index (κ2) is 6.12. The summed E-state index contributed by atoms with van der Waals surface area (Å²) in [6.07, 6.45) is 5.46. The third kappa shape index (κ3) is 2.53. The summed E-state index contributed by atoms with van der Waals surface area (Å²) in [6, 6.07) is 5.03. The molecule has 136 valence electrons. The molecule has 2 heterocycles. The highest BCUT2D eigenvalue weighted by Gasteiger charge is 2.19. The van der Waals surface area contributed by atoms with Crippen molar-refractivity contribution in [2.45, 2.75) is 38.1 Å². The Bertz CT molecular complexity index is 1130. The molecule has 1 N–H and O–H groups in total. The molecule has 0 atom stereocenters. The van der Waals surface area contributed by atoms with Gasteiger partial charge in [0, 0.05) is 25.7 Å². The number of nitrogens with zero attached hydrogens (tertiary/aromatic N) is 4. The summed E-state index contributed by atoms with van der Waals surface area (Å²) >= 11 is 0. The zero-order chi connectivity index (χ0) is 18.4. The summed E-state index contributed by atoms with van der Waals surface area (Å²) in [7, 11) is 3.11. The number of amides is 1. The lowest BCUT2D eigenvalue weighted by atomic mass is 9.95. The minimum Gasteiger partial charge on any atom is -0.349 e. The molecule has 0 radical (unpaired) electrons. The van der Waals surface area contributed by atoms with Gasteiger partial charge in [-0.1, -0.05) is 19.3 Å². The average Bonchev–Trinajstić information content (AvgIpc) is 2.95. The molecule has 0 spiro atoms. The molecule has 1 aromatic carbocycles. The first-order valence-electron chi connectivity index (χ1n) is 8.87. The van der Waals surface area contributed by atoms with Crippen LogP contribution in [0, 0.1) is 0 Å². The molecule has 8 heteroatoms. The summed E-state index contributed by atoms with van der Waals surface area (Å²) < 4.78 is 3.89. The van der Waals surface area contributed by atoms with Crippen LogP contribution in [0.3, 0.4) is 0 Å². The van der Waals surface area contributed by atoms with Crippen molar-refractivity contribution < 1.29 is 4.79 Å². The molecule has 4 rings (SSSR count). The van der Waals surface area contributed by atoms with Gasteiger partial charge >= 0.3 is 5.69 Å². The van der Waals surface area contributed by atoms with Gasteiger partial charge in [-0.2, -0.15) is 0 Å². The Balaban J connectivity index is 1.85. The summed E-state index contributed by atoms with van der Waals surface area (Å²) in [5.74, 6) is 0.0735. The predicted octanol–water partition coefficient (Wildman–Crippen LogP) is 0.947. The summed E-state index contributed by atoms with van der Waals surface area (Å²) in [4.78, 5) is 37.6. The van der Waals surface area contributed by atoms with Crippen LogP contribution >= 0.6 is 0 Å². The van der Waals surface area contributed by atoms with E-state index >= 15 is 0 Å². The highest BCUT2D eigenvalue weighted by atomic mass is 16.2. The molecule has 26 heavy (non-hydrogen) atoms. The summed E-state index contributed by atoms with van der Waals surface area (Å²) in [5, 5.41) is 7.56. The maximum absolute atomic E-state index is 12.6. The number of fused-ring (bicyclic) bond motifs is 3. The number of nitrogens with one attached hydrogen (secondary N) is 1. The molecule has 1 aliphatic carbocycles. The van der Waals surface area contributed by atoms with Crippen LogP contribution in [0.5, 0.6) is 0 Å². The number of aryl methyl sites for hydroxylation is 2. The van der Waals surface area contributed by atoms with Gasteiger partial charge in [-0.25, -0.2) is 13.9 Å². The average molecular weight is 355 g/mol. The van der Waals surface area contributed by atoms with Crippen LogP contribution in [-0.4, -0.2) is 30.7 Å². The molecule has 1 amide bonds. The van der Waals surface area contributed by atoms with Crippen LogP contribution in [0.15, 0.2) is 27.8 Å². The Kier molecular flexibility index (Phi) is 3.90. The minimum absolute atomic E-state index is 0.176. The van der Waals surface area contributed by atoms with E-state index in [0.29, 0.717) is 16.5 Å². The zero-order valence-corrected chi connectivity index (χ0v) is 14.9. The Labute approximate surface area is 149 Å². The minimum atomic E-state index is -0.356. The predicted molar refractivity (Wildman–Crippen MR) is 97.5 cm³/mol. The van der Waals surface area contributed by atoms with Gasteiger partial charge in [0.15, 0.2) is 0 Å². The number of aromatic nitrogens is 4. The zero-order valence-electron chi connectivity index (χ0n) is 14.9. The molecule has 0 bridgehead atoms. The van der Waals surface area contributed by atoms with Crippen LogP contribution in [0.2, 0.25) is 0 Å². The van der Waals surface area contributed by atoms with Crippen LogP contribution in [0.4, 0.5) is 0 Å². The molecular formula is C18H21N5O3. The van der Waals surface area contributed by atoms with Crippen LogP contribution in [0.25, 0.3) is 16.7 Å². The van der Waals surface area contributed by atoms with E-state index in [1.165, 1.54) is 27.1 Å². The molecule has 1 aliphatic rings. The largest absolute Gasteiger partial charge is 0.351 e. The smallest absolute Gasteiger partial charge is 0.349 e. The van der Waals surface area contributed by atoms with Crippen molar-refractivity contribution in [1.29, 1.82) is 0 Å². The Morgan fingerprint density at radius 1 is 1.15 bits per heavy atom. The number of hydrogen-bond donors (Lipinski definition) is 1. The number of carbonyl (C=O) groups is 1. The van der Waals surface area contributed by atoms with Gasteiger partial charge in [0.25, 0.3) is 11.5 Å². The SMILES string of the molecule is Cn1nc2n(C)c(=O)c3ccc(C(=O)NC4CCCCC4)cc3n2c1=O. The molecule has 2 aromatic heterocycles. The Hall–Kier alpha value is -2.90. The van der Waals surface area contributed by atoms with E-state index in [-0.39, 0.29) is 29.0 Å². The Morgan fingerprint density at radius 3 is 2.62 bits per heavy atom. The molecule has 0 saturated heterocycles. The highest BCUT2D eigenvalue weighted by molar-refractivity contribution is 5.98. The summed E-state index contributed by atoms with van der Waals surface area (Å²) in [6.45, 7) is 0. The fourth-order valence-electron chi connectivity index (χ4n) is 3.71. The maximum Gasteiger partial charge on any atom is 0.351 e. The van der Waals surface area contributed by atoms with Gasteiger partial charge < -0.3 is 5.32 Å². The molecule has 1 fully saturated rings. The fraction of sp³-hybridized carbons (Fsp3) is 0.444. The standard InChI is InChI=1S/C18H21N5O3/c1-21-16(25)13-9-8-11(15(24)19-12-6-4-3-5-7-12)10-14(13)23-17(21)20-22(2)18(23)26/h8-10,12H,3-7H2,1-2H3,(H,19,24). The fourth-order valence-corrected chi connectivity index (χ4v) is 3.71. The first-order valence-corrected chi connectivity index (χ1v) is 8.87. The van der Waals surface area contributed by atoms with Crippen molar-refractivity contribution in [3.8, 4) is 0 Å². The third-order valence-corrected chi connectivity index (χ3v) is 5.18. The normalized spacial score (nSPS) is 15.6. The van der Waals surface area contributed by atoms with E-state index in [1.54, 1.807) is 25.2 Å². The molecule has 0 aliphatic heterocycles. The van der Waals surface area contributed by atoms with Crippen molar-refractivity contribution >= 4 is 22.6 Å². The van der Waals surface area contributed by atoms with Gasteiger partial charge in [0.2, 0.25) is 5.78 Å². The molecule has 1 saturated carbocycles. The summed E-state index contributed by atoms with van der Waals surface area (Å²) in [5.41, 5.74) is 0.230. The van der Waals surface area contributed by atoms with Crippen molar-refractivity contribution in [3.63, 3.8) is 0 Å². The molecule has 8 nitrogen and oxygen atoms in total. The lowest BCUT2D eigenvalue weighted by molar-refractivity contribution is 0.0928. The number of hydrogen-bond acceptors (Lipinski definition) is 4. The van der Waals surface area contributed by atoms with E-state index < -0.39 is 0 Å². The van der Waals surface area contributed by atoms with Crippen LogP contribution < -0.4 is 16.6 Å². The second-order valence-electron chi connectivity index (χ2n) is 6.95. The maximum atomic E-state index is 12.6. The van der Waals surface area contributed by atoms with Gasteiger partial charge in [0.05, 0.1) is 10.9 Å². The van der Waals surface area contributed by atoms with E-state index in [1.807, 2.05) is 0 Å². The van der Waals surface area contributed by atoms with E-state index in [2.05, 4.69) is 10.4 Å². The number of carbonyl (C=O) groups excluding carboxylic acids is 1. The van der Waals surface area contributed by atoms with Crippen LogP contribution in [0.1, 0.15) is 42.5 Å². The van der Waals surface area contributed by atoms with E-state index in [4.69, 9.17) is 0 Å². The lowest BCUT2D eigenvalue weighted by Gasteiger charge is -2.22. The number of benzene rings is 1. The monoisotopic (exact) mass is 355 g/mol. The van der Waals surface area contributed by atoms with Crippen molar-refractivity contribution in [1.82, 2.24) is 24.1 Å². The van der Waals surface area contributed by atoms with E-state index in [9.17, 15) is 14.4 Å². The van der Waals surface area contributed by atoms with Crippen LogP contribution in [-0.2, 0) is 14.1 Å². The van der Waals surface area contributed by atoms with E-state index in [0.717, 1.165) is 25.7 Å². The first kappa shape index (κ1) is 16.6. The van der Waals surface area contributed by atoms with Gasteiger partial charge in [0.1, 0.15) is 0 Å². The third-order valence-electron chi connectivity index (χ3n) is 5.18. The highest BCUT2D eigenvalue weighted by Crippen LogP contribution is 2.19. The topological polar surface area (TPSA) is 90.4 Å². The van der Waals surface area contributed by atoms with Gasteiger partial charge in [-0.05, 0) is 31.0 Å². The molecular weight excluding hydrogens is 334 g/mol. The second-order valence-corrected chi connectivity index (χ2v) is 6.95. The van der Waals surface area contributed by atoms with Crippen molar-refractivity contribution in [3.05, 3.63) is 44.6 Å². The first-order chi connectivity index (χ1) is 12.5. The number of rotatable bonds is 2. The van der Waals surface area contributed by atoms with Gasteiger partial charge in [-0.3, -0.25) is 14.2 Å².